The molecule has 2 atom stereocenters. The predicted molar refractivity (Wildman–Crippen MR) is 143 cm³/mol. The highest BCUT2D eigenvalue weighted by Crippen LogP contribution is 2.27. The molecule has 2 aromatic rings. The highest BCUT2D eigenvalue weighted by atomic mass is 16.1. The summed E-state index contributed by atoms with van der Waals surface area (Å²) in [4.78, 5) is 17.3. The van der Waals surface area contributed by atoms with Crippen LogP contribution in [0.1, 0.15) is 93.3 Å². The standard InChI is InChI=1S/C28H37N3O.C2H6/c1-21-9-6-7-13-26(21)27(32)17-18-29-23-15-16-25(20-23)31-28-14-8-12-24(30-28)19-22-10-4-2-3-5-11-22;1-2/h6-9,12-14,17-18,22-23,25,29H,2-5,10-11,15-16,19-20H2,1H3,(H,30,31);1-2H3/b18-17+;. The lowest BCUT2D eigenvalue weighted by Crippen LogP contribution is -2.24. The number of aryl methyl sites for hydroxylation is 1. The molecule has 0 bridgehead atoms. The van der Waals surface area contributed by atoms with Gasteiger partial charge in [0.1, 0.15) is 5.82 Å². The summed E-state index contributed by atoms with van der Waals surface area (Å²) < 4.78 is 0. The van der Waals surface area contributed by atoms with Crippen LogP contribution in [0.15, 0.2) is 54.7 Å². The lowest BCUT2D eigenvalue weighted by molar-refractivity contribution is 0.104. The molecule has 0 saturated heterocycles. The van der Waals surface area contributed by atoms with E-state index in [1.165, 1.54) is 44.2 Å². The number of anilines is 1. The van der Waals surface area contributed by atoms with Crippen molar-refractivity contribution in [3.05, 3.63) is 71.6 Å². The van der Waals surface area contributed by atoms with Crippen LogP contribution < -0.4 is 10.6 Å². The normalized spacial score (nSPS) is 20.9. The van der Waals surface area contributed by atoms with Gasteiger partial charge >= 0.3 is 0 Å². The van der Waals surface area contributed by atoms with Crippen LogP contribution in [0.3, 0.4) is 0 Å². The number of rotatable bonds is 8. The van der Waals surface area contributed by atoms with E-state index in [9.17, 15) is 4.79 Å². The molecule has 0 aliphatic heterocycles. The second-order valence-corrected chi connectivity index (χ2v) is 9.61. The van der Waals surface area contributed by atoms with E-state index in [1.54, 1.807) is 6.08 Å². The van der Waals surface area contributed by atoms with Crippen molar-refractivity contribution in [1.82, 2.24) is 10.3 Å². The third-order valence-electron chi connectivity index (χ3n) is 7.04. The van der Waals surface area contributed by atoms with Crippen LogP contribution in [0, 0.1) is 12.8 Å². The Hall–Kier alpha value is -2.62. The minimum Gasteiger partial charge on any atom is -0.388 e. The molecule has 4 rings (SSSR count). The summed E-state index contributed by atoms with van der Waals surface area (Å²) in [5.74, 6) is 1.86. The first-order valence-corrected chi connectivity index (χ1v) is 13.4. The highest BCUT2D eigenvalue weighted by molar-refractivity contribution is 6.05. The summed E-state index contributed by atoms with van der Waals surface area (Å²) in [7, 11) is 0. The third kappa shape index (κ3) is 8.00. The second-order valence-electron chi connectivity index (χ2n) is 9.61. The first-order chi connectivity index (χ1) is 16.7. The van der Waals surface area contributed by atoms with E-state index in [-0.39, 0.29) is 5.78 Å². The summed E-state index contributed by atoms with van der Waals surface area (Å²) in [6, 6.07) is 15.0. The van der Waals surface area contributed by atoms with Crippen LogP contribution in [-0.2, 0) is 6.42 Å². The van der Waals surface area contributed by atoms with E-state index in [1.807, 2.05) is 51.2 Å². The van der Waals surface area contributed by atoms with Gasteiger partial charge in [-0.15, -0.1) is 0 Å². The fourth-order valence-corrected chi connectivity index (χ4v) is 5.21. The molecule has 2 aliphatic rings. The Labute approximate surface area is 206 Å². The van der Waals surface area contributed by atoms with Crippen molar-refractivity contribution in [2.24, 2.45) is 5.92 Å². The number of carbonyl (C=O) groups excluding carboxylic acids is 1. The Bertz CT molecular complexity index is 915. The molecule has 4 nitrogen and oxygen atoms in total. The number of nitrogens with one attached hydrogen (secondary N) is 2. The Morgan fingerprint density at radius 2 is 1.68 bits per heavy atom. The van der Waals surface area contributed by atoms with Crippen molar-refractivity contribution in [1.29, 1.82) is 0 Å². The molecule has 2 saturated carbocycles. The molecule has 2 aliphatic carbocycles. The van der Waals surface area contributed by atoms with E-state index in [4.69, 9.17) is 4.98 Å². The van der Waals surface area contributed by atoms with Crippen molar-refractivity contribution in [2.75, 3.05) is 5.32 Å². The van der Waals surface area contributed by atoms with Gasteiger partial charge in [-0.05, 0) is 56.2 Å². The number of allylic oxidation sites excluding steroid dienone is 1. The maximum Gasteiger partial charge on any atom is 0.187 e. The van der Waals surface area contributed by atoms with Crippen LogP contribution in [0.5, 0.6) is 0 Å². The van der Waals surface area contributed by atoms with Gasteiger partial charge in [-0.25, -0.2) is 4.98 Å². The van der Waals surface area contributed by atoms with Crippen LogP contribution in [0.25, 0.3) is 0 Å². The molecule has 2 unspecified atom stereocenters. The third-order valence-corrected chi connectivity index (χ3v) is 7.04. The topological polar surface area (TPSA) is 54.0 Å². The Kier molecular flexibility index (Phi) is 10.7. The van der Waals surface area contributed by atoms with Gasteiger partial charge in [0.2, 0.25) is 0 Å². The lowest BCUT2D eigenvalue weighted by atomic mass is 9.95. The number of nitrogens with zero attached hydrogens (tertiary/aromatic N) is 1. The number of hydrogen-bond donors (Lipinski definition) is 2. The first-order valence-electron chi connectivity index (χ1n) is 13.4. The van der Waals surface area contributed by atoms with E-state index in [0.29, 0.717) is 12.1 Å². The van der Waals surface area contributed by atoms with E-state index >= 15 is 0 Å². The minimum absolute atomic E-state index is 0.0537. The largest absolute Gasteiger partial charge is 0.388 e. The maximum absolute atomic E-state index is 12.4. The SMILES string of the molecule is CC.Cc1ccccc1C(=O)/C=C/NC1CCC(Nc2cccc(CC3CCCCCC3)n2)C1. The monoisotopic (exact) mass is 461 g/mol. The fraction of sp³-hybridized carbons (Fsp3) is 0.533. The van der Waals surface area contributed by atoms with Crippen molar-refractivity contribution in [3.8, 4) is 0 Å². The van der Waals surface area contributed by atoms with Crippen molar-refractivity contribution >= 4 is 11.6 Å². The van der Waals surface area contributed by atoms with Gasteiger partial charge in [0.05, 0.1) is 0 Å². The van der Waals surface area contributed by atoms with Crippen molar-refractivity contribution in [2.45, 2.75) is 97.1 Å². The zero-order chi connectivity index (χ0) is 24.2. The van der Waals surface area contributed by atoms with Crippen LogP contribution in [-0.4, -0.2) is 22.9 Å². The number of carbonyl (C=O) groups is 1. The highest BCUT2D eigenvalue weighted by Gasteiger charge is 2.24. The summed E-state index contributed by atoms with van der Waals surface area (Å²) in [6.45, 7) is 5.97. The lowest BCUT2D eigenvalue weighted by Gasteiger charge is -2.17. The molecule has 2 N–H and O–H groups in total. The molecular formula is C30H43N3O. The average Bonchev–Trinajstić information content (AvgIpc) is 3.13. The second kappa shape index (κ2) is 13.9. The Balaban J connectivity index is 0.00000158. The zero-order valence-electron chi connectivity index (χ0n) is 21.4. The van der Waals surface area contributed by atoms with Gasteiger partial charge in [-0.2, -0.15) is 0 Å². The minimum atomic E-state index is 0.0537. The molecule has 1 aromatic carbocycles. The molecule has 0 amide bonds. The molecule has 1 aromatic heterocycles. The molecule has 184 valence electrons. The van der Waals surface area contributed by atoms with E-state index in [2.05, 4.69) is 28.8 Å². The molecule has 4 heteroatoms. The Morgan fingerprint density at radius 1 is 0.941 bits per heavy atom. The summed E-state index contributed by atoms with van der Waals surface area (Å²) >= 11 is 0. The number of benzene rings is 1. The van der Waals surface area contributed by atoms with Crippen molar-refractivity contribution in [3.63, 3.8) is 0 Å². The molecule has 0 radical (unpaired) electrons. The number of hydrogen-bond acceptors (Lipinski definition) is 4. The molecule has 34 heavy (non-hydrogen) atoms. The summed E-state index contributed by atoms with van der Waals surface area (Å²) in [5.41, 5.74) is 3.01. The average molecular weight is 462 g/mol. The molecule has 0 spiro atoms. The van der Waals surface area contributed by atoms with Gasteiger partial charge in [0, 0.05) is 35.6 Å². The van der Waals surface area contributed by atoms with Gasteiger partial charge in [0.15, 0.2) is 5.78 Å². The van der Waals surface area contributed by atoms with Gasteiger partial charge in [-0.1, -0.05) is 82.7 Å². The zero-order valence-corrected chi connectivity index (χ0v) is 21.4. The summed E-state index contributed by atoms with van der Waals surface area (Å²) in [6.07, 6.45) is 16.1. The smallest absolute Gasteiger partial charge is 0.187 e. The first kappa shape index (κ1) is 26.0. The van der Waals surface area contributed by atoms with Gasteiger partial charge in [0.25, 0.3) is 0 Å². The fourth-order valence-electron chi connectivity index (χ4n) is 5.21. The Morgan fingerprint density at radius 3 is 2.44 bits per heavy atom. The number of ketones is 1. The molecule has 2 fully saturated rings. The molecule has 1 heterocycles. The number of pyridine rings is 1. The summed E-state index contributed by atoms with van der Waals surface area (Å²) in [5, 5.41) is 7.08. The van der Waals surface area contributed by atoms with E-state index < -0.39 is 0 Å². The van der Waals surface area contributed by atoms with Crippen LogP contribution >= 0.6 is 0 Å². The molecular weight excluding hydrogens is 418 g/mol. The van der Waals surface area contributed by atoms with E-state index in [0.717, 1.165) is 48.5 Å². The van der Waals surface area contributed by atoms with Crippen LogP contribution in [0.2, 0.25) is 0 Å². The van der Waals surface area contributed by atoms with Crippen molar-refractivity contribution < 1.29 is 4.79 Å². The quantitative estimate of drug-likeness (QED) is 0.247. The maximum atomic E-state index is 12.4. The number of aromatic nitrogens is 1. The predicted octanol–water partition coefficient (Wildman–Crippen LogP) is 7.25. The van der Waals surface area contributed by atoms with Crippen LogP contribution in [0.4, 0.5) is 5.82 Å². The van der Waals surface area contributed by atoms with Gasteiger partial charge < -0.3 is 10.6 Å². The van der Waals surface area contributed by atoms with Gasteiger partial charge in [-0.3, -0.25) is 4.79 Å².